The average Bonchev–Trinajstić information content (AvgIpc) is 3.23. The van der Waals surface area contributed by atoms with Crippen molar-refractivity contribution in [2.24, 2.45) is 5.92 Å². The zero-order valence-electron chi connectivity index (χ0n) is 16.9. The van der Waals surface area contributed by atoms with Crippen molar-refractivity contribution in [1.82, 2.24) is 15.1 Å². The van der Waals surface area contributed by atoms with Crippen LogP contribution in [-0.4, -0.2) is 49.0 Å². The molecule has 1 saturated heterocycles. The van der Waals surface area contributed by atoms with Gasteiger partial charge in [-0.1, -0.05) is 17.3 Å². The molecule has 0 bridgehead atoms. The SMILES string of the molecule is COC[C@@H]1CCCN(c2ccc(-c3nc(Cc4ccc(OC)cc4)no3)cn2)C1. The lowest BCUT2D eigenvalue weighted by molar-refractivity contribution is 0.143. The van der Waals surface area contributed by atoms with E-state index in [9.17, 15) is 0 Å². The number of hydrogen-bond acceptors (Lipinski definition) is 7. The molecule has 152 valence electrons. The van der Waals surface area contributed by atoms with E-state index in [1.54, 1.807) is 20.4 Å². The summed E-state index contributed by atoms with van der Waals surface area (Å²) >= 11 is 0. The van der Waals surface area contributed by atoms with Crippen LogP contribution in [0, 0.1) is 5.92 Å². The lowest BCUT2D eigenvalue weighted by Gasteiger charge is -2.33. The molecule has 7 heteroatoms. The highest BCUT2D eigenvalue weighted by Gasteiger charge is 2.21. The van der Waals surface area contributed by atoms with E-state index < -0.39 is 0 Å². The minimum absolute atomic E-state index is 0.489. The molecule has 0 radical (unpaired) electrons. The Hall–Kier alpha value is -2.93. The Kier molecular flexibility index (Phi) is 6.05. The van der Waals surface area contributed by atoms with Gasteiger partial charge >= 0.3 is 0 Å². The van der Waals surface area contributed by atoms with Crippen LogP contribution in [0.25, 0.3) is 11.5 Å². The minimum Gasteiger partial charge on any atom is -0.497 e. The molecule has 1 aromatic carbocycles. The van der Waals surface area contributed by atoms with Crippen molar-refractivity contribution in [2.75, 3.05) is 38.8 Å². The smallest absolute Gasteiger partial charge is 0.259 e. The third-order valence-electron chi connectivity index (χ3n) is 5.23. The summed E-state index contributed by atoms with van der Waals surface area (Å²) in [6.45, 7) is 2.80. The minimum atomic E-state index is 0.489. The van der Waals surface area contributed by atoms with Gasteiger partial charge in [0.05, 0.1) is 19.3 Å². The summed E-state index contributed by atoms with van der Waals surface area (Å²) in [4.78, 5) is 11.5. The summed E-state index contributed by atoms with van der Waals surface area (Å²) in [7, 11) is 3.42. The third-order valence-corrected chi connectivity index (χ3v) is 5.23. The number of hydrogen-bond donors (Lipinski definition) is 0. The van der Waals surface area contributed by atoms with E-state index >= 15 is 0 Å². The number of rotatable bonds is 7. The predicted molar refractivity (Wildman–Crippen MR) is 110 cm³/mol. The number of benzene rings is 1. The highest BCUT2D eigenvalue weighted by Crippen LogP contribution is 2.24. The third kappa shape index (κ3) is 4.74. The fourth-order valence-electron chi connectivity index (χ4n) is 3.71. The summed E-state index contributed by atoms with van der Waals surface area (Å²) in [5.41, 5.74) is 1.93. The lowest BCUT2D eigenvalue weighted by atomic mass is 9.99. The van der Waals surface area contributed by atoms with Crippen LogP contribution in [0.3, 0.4) is 0 Å². The predicted octanol–water partition coefficient (Wildman–Crippen LogP) is 3.59. The first kappa shape index (κ1) is 19.4. The van der Waals surface area contributed by atoms with E-state index in [0.717, 1.165) is 48.8 Å². The molecule has 7 nitrogen and oxygen atoms in total. The Labute approximate surface area is 170 Å². The lowest BCUT2D eigenvalue weighted by Crippen LogP contribution is -2.37. The van der Waals surface area contributed by atoms with Crippen LogP contribution in [-0.2, 0) is 11.2 Å². The Bertz CT molecular complexity index is 907. The molecule has 3 aromatic rings. The standard InChI is InChI=1S/C22H26N4O3/c1-27-15-17-4-3-11-26(14-17)21-10-7-18(13-23-21)22-24-20(25-29-22)12-16-5-8-19(28-2)9-6-16/h5-10,13,17H,3-4,11-12,14-15H2,1-2H3/t17-/m1/s1. The highest BCUT2D eigenvalue weighted by molar-refractivity contribution is 5.55. The van der Waals surface area contributed by atoms with Gasteiger partial charge in [0.1, 0.15) is 11.6 Å². The van der Waals surface area contributed by atoms with Gasteiger partial charge in [0.15, 0.2) is 5.82 Å². The van der Waals surface area contributed by atoms with Crippen LogP contribution in [0.5, 0.6) is 5.75 Å². The topological polar surface area (TPSA) is 73.5 Å². The zero-order chi connectivity index (χ0) is 20.1. The maximum atomic E-state index is 5.45. The summed E-state index contributed by atoms with van der Waals surface area (Å²) in [6, 6.07) is 11.9. The molecule has 1 aliphatic heterocycles. The Balaban J connectivity index is 1.41. The maximum Gasteiger partial charge on any atom is 0.259 e. The van der Waals surface area contributed by atoms with E-state index in [0.29, 0.717) is 24.1 Å². The van der Waals surface area contributed by atoms with Crippen molar-refractivity contribution >= 4 is 5.82 Å². The number of nitrogens with zero attached hydrogens (tertiary/aromatic N) is 4. The monoisotopic (exact) mass is 394 g/mol. The summed E-state index contributed by atoms with van der Waals surface area (Å²) in [6.07, 6.45) is 4.78. The maximum absolute atomic E-state index is 5.45. The van der Waals surface area contributed by atoms with Gasteiger partial charge in [-0.3, -0.25) is 0 Å². The van der Waals surface area contributed by atoms with E-state index in [-0.39, 0.29) is 0 Å². The molecular weight excluding hydrogens is 368 g/mol. The van der Waals surface area contributed by atoms with Crippen LogP contribution in [0.4, 0.5) is 5.82 Å². The molecule has 29 heavy (non-hydrogen) atoms. The van der Waals surface area contributed by atoms with Crippen molar-refractivity contribution < 1.29 is 14.0 Å². The van der Waals surface area contributed by atoms with Gasteiger partial charge in [0.2, 0.25) is 0 Å². The van der Waals surface area contributed by atoms with Crippen molar-refractivity contribution in [3.8, 4) is 17.2 Å². The number of aromatic nitrogens is 3. The van der Waals surface area contributed by atoms with Crippen molar-refractivity contribution in [1.29, 1.82) is 0 Å². The van der Waals surface area contributed by atoms with Gasteiger partial charge in [0.25, 0.3) is 5.89 Å². The van der Waals surface area contributed by atoms with Gasteiger partial charge in [-0.15, -0.1) is 0 Å². The first-order chi connectivity index (χ1) is 14.2. The van der Waals surface area contributed by atoms with Gasteiger partial charge in [-0.05, 0) is 48.6 Å². The molecule has 0 amide bonds. The molecule has 1 aliphatic rings. The molecule has 2 aromatic heterocycles. The molecule has 3 heterocycles. The second-order valence-electron chi connectivity index (χ2n) is 7.36. The van der Waals surface area contributed by atoms with Crippen LogP contribution in [0.1, 0.15) is 24.2 Å². The fourth-order valence-corrected chi connectivity index (χ4v) is 3.71. The van der Waals surface area contributed by atoms with Crippen molar-refractivity contribution in [3.05, 3.63) is 54.0 Å². The van der Waals surface area contributed by atoms with E-state index in [1.165, 1.54) is 6.42 Å². The van der Waals surface area contributed by atoms with E-state index in [2.05, 4.69) is 20.0 Å². The second kappa shape index (κ2) is 9.05. The molecule has 4 rings (SSSR count). The van der Waals surface area contributed by atoms with Crippen LogP contribution in [0.2, 0.25) is 0 Å². The molecule has 0 spiro atoms. The van der Waals surface area contributed by atoms with Crippen molar-refractivity contribution in [3.63, 3.8) is 0 Å². The molecule has 0 aliphatic carbocycles. The van der Waals surface area contributed by atoms with Gasteiger partial charge in [-0.2, -0.15) is 4.98 Å². The van der Waals surface area contributed by atoms with Gasteiger partial charge in [-0.25, -0.2) is 4.98 Å². The molecular formula is C22H26N4O3. The molecule has 0 saturated carbocycles. The zero-order valence-corrected chi connectivity index (χ0v) is 16.9. The first-order valence-corrected chi connectivity index (χ1v) is 9.91. The average molecular weight is 394 g/mol. The summed E-state index contributed by atoms with van der Waals surface area (Å²) in [5.74, 6) is 3.51. The second-order valence-corrected chi connectivity index (χ2v) is 7.36. The summed E-state index contributed by atoms with van der Waals surface area (Å²) in [5, 5.41) is 4.10. The van der Waals surface area contributed by atoms with Crippen LogP contribution >= 0.6 is 0 Å². The largest absolute Gasteiger partial charge is 0.497 e. The highest BCUT2D eigenvalue weighted by atomic mass is 16.5. The van der Waals surface area contributed by atoms with Crippen molar-refractivity contribution in [2.45, 2.75) is 19.3 Å². The molecule has 1 fully saturated rings. The fraction of sp³-hybridized carbons (Fsp3) is 0.409. The number of anilines is 1. The number of piperidine rings is 1. The summed E-state index contributed by atoms with van der Waals surface area (Å²) < 4.78 is 16.0. The molecule has 1 atom stereocenters. The molecule has 0 N–H and O–H groups in total. The molecule has 0 unspecified atom stereocenters. The Morgan fingerprint density at radius 2 is 2.00 bits per heavy atom. The normalized spacial score (nSPS) is 16.8. The van der Waals surface area contributed by atoms with Crippen LogP contribution in [0.15, 0.2) is 47.1 Å². The number of ether oxygens (including phenoxy) is 2. The van der Waals surface area contributed by atoms with Gasteiger partial charge < -0.3 is 18.9 Å². The Morgan fingerprint density at radius 3 is 2.72 bits per heavy atom. The number of pyridine rings is 1. The van der Waals surface area contributed by atoms with Crippen LogP contribution < -0.4 is 9.64 Å². The number of methoxy groups -OCH3 is 2. The van der Waals surface area contributed by atoms with Gasteiger partial charge in [0, 0.05) is 32.8 Å². The van der Waals surface area contributed by atoms with E-state index in [4.69, 9.17) is 14.0 Å². The first-order valence-electron chi connectivity index (χ1n) is 9.91. The Morgan fingerprint density at radius 1 is 1.14 bits per heavy atom. The quantitative estimate of drug-likeness (QED) is 0.606. The van der Waals surface area contributed by atoms with E-state index in [1.807, 2.05) is 36.4 Å².